The van der Waals surface area contributed by atoms with E-state index in [2.05, 4.69) is 5.32 Å². The van der Waals surface area contributed by atoms with E-state index >= 15 is 0 Å². The number of halogens is 2. The van der Waals surface area contributed by atoms with Gasteiger partial charge in [-0.25, -0.2) is 4.79 Å². The molecule has 1 saturated heterocycles. The molecular weight excluding hydrogens is 353 g/mol. The largest absolute Gasteiger partial charge is 0.482 e. The Kier molecular flexibility index (Phi) is 6.57. The van der Waals surface area contributed by atoms with Gasteiger partial charge in [0.05, 0.1) is 5.02 Å². The van der Waals surface area contributed by atoms with E-state index in [0.29, 0.717) is 28.9 Å². The molecule has 2 rings (SSSR count). The number of carbonyl (C=O) groups is 2. The Bertz CT molecular complexity index is 602. The minimum Gasteiger partial charge on any atom is -0.482 e. The Labute approximate surface area is 151 Å². The average Bonchev–Trinajstić information content (AvgIpc) is 2.54. The second-order valence-electron chi connectivity index (χ2n) is 5.87. The van der Waals surface area contributed by atoms with Crippen LogP contribution in [0.2, 0.25) is 10.0 Å². The van der Waals surface area contributed by atoms with Gasteiger partial charge in [-0.1, -0.05) is 23.2 Å². The summed E-state index contributed by atoms with van der Waals surface area (Å²) in [6.45, 7) is 1.15. The van der Waals surface area contributed by atoms with Gasteiger partial charge in [-0.2, -0.15) is 0 Å². The van der Waals surface area contributed by atoms with Crippen LogP contribution >= 0.6 is 23.2 Å². The van der Waals surface area contributed by atoms with E-state index < -0.39 is 0 Å². The Balaban J connectivity index is 1.75. The zero-order valence-electron chi connectivity index (χ0n) is 13.7. The van der Waals surface area contributed by atoms with Gasteiger partial charge in [-0.15, -0.1) is 0 Å². The molecule has 0 saturated carbocycles. The fraction of sp³-hybridized carbons (Fsp3) is 0.500. The topological polar surface area (TPSA) is 61.9 Å². The van der Waals surface area contributed by atoms with E-state index in [0.717, 1.165) is 12.8 Å². The number of carbonyl (C=O) groups excluding carboxylic acids is 2. The number of rotatable bonds is 4. The summed E-state index contributed by atoms with van der Waals surface area (Å²) in [5, 5.41) is 3.80. The molecule has 1 N–H and O–H groups in total. The Morgan fingerprint density at radius 3 is 2.54 bits per heavy atom. The minimum atomic E-state index is -0.210. The van der Waals surface area contributed by atoms with Crippen LogP contribution in [0.25, 0.3) is 0 Å². The standard InChI is InChI=1S/C16H21Cl2N3O3/c1-20(2)16(23)21-7-5-12(6-8-21)19-15(22)10-24-14-4-3-11(17)9-13(14)18/h3-4,9,12H,5-8,10H2,1-2H3,(H,19,22). The van der Waals surface area contributed by atoms with Gasteiger partial charge in [0.25, 0.3) is 5.91 Å². The summed E-state index contributed by atoms with van der Waals surface area (Å²) >= 11 is 11.8. The van der Waals surface area contributed by atoms with Crippen LogP contribution < -0.4 is 10.1 Å². The van der Waals surface area contributed by atoms with E-state index in [-0.39, 0.29) is 24.6 Å². The fourth-order valence-electron chi connectivity index (χ4n) is 2.50. The van der Waals surface area contributed by atoms with Crippen molar-refractivity contribution in [2.75, 3.05) is 33.8 Å². The van der Waals surface area contributed by atoms with Crippen LogP contribution in [0.5, 0.6) is 5.75 Å². The number of amides is 3. The number of likely N-dealkylation sites (tertiary alicyclic amines) is 1. The highest BCUT2D eigenvalue weighted by Crippen LogP contribution is 2.27. The molecule has 0 aromatic heterocycles. The Morgan fingerprint density at radius 2 is 1.96 bits per heavy atom. The van der Waals surface area contributed by atoms with E-state index in [1.165, 1.54) is 0 Å². The molecule has 1 aromatic rings. The number of hydrogen-bond acceptors (Lipinski definition) is 3. The van der Waals surface area contributed by atoms with Crippen LogP contribution in [0.3, 0.4) is 0 Å². The van der Waals surface area contributed by atoms with Gasteiger partial charge in [-0.3, -0.25) is 4.79 Å². The lowest BCUT2D eigenvalue weighted by Gasteiger charge is -2.33. The van der Waals surface area contributed by atoms with Gasteiger partial charge in [0.15, 0.2) is 6.61 Å². The van der Waals surface area contributed by atoms with Gasteiger partial charge in [0.1, 0.15) is 5.75 Å². The van der Waals surface area contributed by atoms with Crippen molar-refractivity contribution in [1.29, 1.82) is 0 Å². The fourth-order valence-corrected chi connectivity index (χ4v) is 2.97. The van der Waals surface area contributed by atoms with Crippen LogP contribution in [-0.2, 0) is 4.79 Å². The maximum absolute atomic E-state index is 12.0. The maximum atomic E-state index is 12.0. The molecule has 0 unspecified atom stereocenters. The molecule has 0 atom stereocenters. The van der Waals surface area contributed by atoms with E-state index in [1.807, 2.05) is 0 Å². The lowest BCUT2D eigenvalue weighted by atomic mass is 10.1. The summed E-state index contributed by atoms with van der Waals surface area (Å²) in [5.41, 5.74) is 0. The second-order valence-corrected chi connectivity index (χ2v) is 6.71. The predicted octanol–water partition coefficient (Wildman–Crippen LogP) is 2.63. The van der Waals surface area contributed by atoms with Gasteiger partial charge in [-0.05, 0) is 31.0 Å². The SMILES string of the molecule is CN(C)C(=O)N1CCC(NC(=O)COc2ccc(Cl)cc2Cl)CC1. The van der Waals surface area contributed by atoms with E-state index in [9.17, 15) is 9.59 Å². The Hall–Kier alpha value is -1.66. The highest BCUT2D eigenvalue weighted by molar-refractivity contribution is 6.35. The van der Waals surface area contributed by atoms with Crippen molar-refractivity contribution in [2.45, 2.75) is 18.9 Å². The third kappa shape index (κ3) is 5.18. The predicted molar refractivity (Wildman–Crippen MR) is 93.8 cm³/mol. The normalized spacial score (nSPS) is 15.1. The van der Waals surface area contributed by atoms with Crippen LogP contribution in [-0.4, -0.2) is 61.6 Å². The average molecular weight is 374 g/mol. The number of nitrogens with one attached hydrogen (secondary N) is 1. The summed E-state index contributed by atoms with van der Waals surface area (Å²) in [6.07, 6.45) is 1.46. The monoisotopic (exact) mass is 373 g/mol. The van der Waals surface area contributed by atoms with Crippen molar-refractivity contribution in [3.05, 3.63) is 28.2 Å². The number of nitrogens with zero attached hydrogens (tertiary/aromatic N) is 2. The first-order chi connectivity index (χ1) is 11.4. The maximum Gasteiger partial charge on any atom is 0.319 e. The molecule has 0 spiro atoms. The van der Waals surface area contributed by atoms with Gasteiger partial charge >= 0.3 is 6.03 Å². The zero-order chi connectivity index (χ0) is 17.7. The van der Waals surface area contributed by atoms with Gasteiger partial charge in [0, 0.05) is 38.2 Å². The first-order valence-corrected chi connectivity index (χ1v) is 8.46. The molecule has 1 fully saturated rings. The highest BCUT2D eigenvalue weighted by atomic mass is 35.5. The number of benzene rings is 1. The molecule has 1 aliphatic heterocycles. The molecule has 0 radical (unpaired) electrons. The van der Waals surface area contributed by atoms with Crippen LogP contribution in [0.1, 0.15) is 12.8 Å². The zero-order valence-corrected chi connectivity index (χ0v) is 15.2. The molecule has 3 amide bonds. The molecule has 6 nitrogen and oxygen atoms in total. The molecule has 24 heavy (non-hydrogen) atoms. The first kappa shape index (κ1) is 18.7. The minimum absolute atomic E-state index is 0.000454. The molecule has 0 bridgehead atoms. The number of ether oxygens (including phenoxy) is 1. The summed E-state index contributed by atoms with van der Waals surface area (Å²) in [4.78, 5) is 27.2. The van der Waals surface area contributed by atoms with Gasteiger partial charge < -0.3 is 19.9 Å². The van der Waals surface area contributed by atoms with Crippen molar-refractivity contribution < 1.29 is 14.3 Å². The highest BCUT2D eigenvalue weighted by Gasteiger charge is 2.24. The summed E-state index contributed by atoms with van der Waals surface area (Å²) in [6, 6.07) is 4.89. The number of hydrogen-bond donors (Lipinski definition) is 1. The molecule has 1 aromatic carbocycles. The third-order valence-electron chi connectivity index (χ3n) is 3.77. The van der Waals surface area contributed by atoms with Crippen molar-refractivity contribution in [2.24, 2.45) is 0 Å². The summed E-state index contributed by atoms with van der Waals surface area (Å²) in [5.74, 6) is 0.209. The first-order valence-electron chi connectivity index (χ1n) is 7.70. The summed E-state index contributed by atoms with van der Waals surface area (Å²) in [7, 11) is 3.46. The smallest absolute Gasteiger partial charge is 0.319 e. The Morgan fingerprint density at radius 1 is 1.29 bits per heavy atom. The van der Waals surface area contributed by atoms with Crippen LogP contribution in [0, 0.1) is 0 Å². The molecule has 132 valence electrons. The third-order valence-corrected chi connectivity index (χ3v) is 4.30. The quantitative estimate of drug-likeness (QED) is 0.882. The molecule has 0 aliphatic carbocycles. The van der Waals surface area contributed by atoms with Crippen molar-refractivity contribution in [3.8, 4) is 5.75 Å². The molecule has 8 heteroatoms. The lowest BCUT2D eigenvalue weighted by molar-refractivity contribution is -0.124. The second kappa shape index (κ2) is 8.44. The summed E-state index contributed by atoms with van der Waals surface area (Å²) < 4.78 is 5.41. The number of piperidine rings is 1. The van der Waals surface area contributed by atoms with Crippen molar-refractivity contribution >= 4 is 35.1 Å². The van der Waals surface area contributed by atoms with Crippen LogP contribution in [0.4, 0.5) is 4.79 Å². The van der Waals surface area contributed by atoms with E-state index in [4.69, 9.17) is 27.9 Å². The van der Waals surface area contributed by atoms with Crippen LogP contribution in [0.15, 0.2) is 18.2 Å². The van der Waals surface area contributed by atoms with E-state index in [1.54, 1.807) is 42.1 Å². The lowest BCUT2D eigenvalue weighted by Crippen LogP contribution is -2.49. The molecule has 1 aliphatic rings. The van der Waals surface area contributed by atoms with Gasteiger partial charge in [0.2, 0.25) is 0 Å². The van der Waals surface area contributed by atoms with Crippen molar-refractivity contribution in [3.63, 3.8) is 0 Å². The molecule has 1 heterocycles. The number of urea groups is 1. The molecular formula is C16H21Cl2N3O3. The van der Waals surface area contributed by atoms with Crippen molar-refractivity contribution in [1.82, 2.24) is 15.1 Å².